The van der Waals surface area contributed by atoms with E-state index in [1.165, 1.54) is 22.9 Å². The highest BCUT2D eigenvalue weighted by atomic mass is 31.2. The summed E-state index contributed by atoms with van der Waals surface area (Å²) in [5.74, 6) is -0.559. The molecule has 2 aromatic rings. The normalized spacial score (nSPS) is 20.2. The van der Waals surface area contributed by atoms with E-state index in [1.54, 1.807) is 32.0 Å². The average Bonchev–Trinajstić information content (AvgIpc) is 3.19. The van der Waals surface area contributed by atoms with Crippen LogP contribution in [0.3, 0.4) is 0 Å². The molecule has 32 heavy (non-hydrogen) atoms. The number of nitrogens with zero attached hydrogens (tertiary/aromatic N) is 1. The van der Waals surface area contributed by atoms with Crippen molar-refractivity contribution in [2.24, 2.45) is 0 Å². The third kappa shape index (κ3) is 6.47. The zero-order valence-electron chi connectivity index (χ0n) is 17.6. The molecule has 0 spiro atoms. The van der Waals surface area contributed by atoms with Gasteiger partial charge in [-0.25, -0.2) is 14.2 Å². The fourth-order valence-electron chi connectivity index (χ4n) is 3.16. The van der Waals surface area contributed by atoms with Gasteiger partial charge in [0.05, 0.1) is 31.0 Å². The molecule has 1 fully saturated rings. The lowest BCUT2D eigenvalue weighted by molar-refractivity contribution is -0.0263. The molecule has 11 nitrogen and oxygen atoms in total. The van der Waals surface area contributed by atoms with Crippen molar-refractivity contribution in [2.45, 2.75) is 51.7 Å². The molecule has 174 valence electrons. The van der Waals surface area contributed by atoms with Crippen LogP contribution < -0.4 is 11.2 Å². The fourth-order valence-corrected chi connectivity index (χ4v) is 3.89. The van der Waals surface area contributed by atoms with Crippen LogP contribution in [-0.4, -0.2) is 39.2 Å². The van der Waals surface area contributed by atoms with Crippen molar-refractivity contribution in [1.82, 2.24) is 9.55 Å². The van der Waals surface area contributed by atoms with E-state index in [4.69, 9.17) is 18.5 Å². The Balaban J connectivity index is 1.53. The predicted molar refractivity (Wildman–Crippen MR) is 112 cm³/mol. The van der Waals surface area contributed by atoms with E-state index in [0.717, 1.165) is 0 Å². The Kier molecular flexibility index (Phi) is 7.81. The number of hydrogen-bond acceptors (Lipinski definition) is 8. The Morgan fingerprint density at radius 2 is 2.00 bits per heavy atom. The number of H-pyrrole nitrogens is 1. The Morgan fingerprint density at radius 3 is 2.72 bits per heavy atom. The first kappa shape index (κ1) is 24.1. The maximum absolute atomic E-state index is 12.3. The second kappa shape index (κ2) is 10.4. The number of ether oxygens (including phenoxy) is 2. The molecular weight excluding hydrogens is 443 g/mol. The maximum Gasteiger partial charge on any atom is 0.472 e. The van der Waals surface area contributed by atoms with Crippen LogP contribution >= 0.6 is 7.82 Å². The van der Waals surface area contributed by atoms with Crippen LogP contribution in [0.25, 0.3) is 0 Å². The van der Waals surface area contributed by atoms with Gasteiger partial charge >= 0.3 is 19.5 Å². The summed E-state index contributed by atoms with van der Waals surface area (Å²) in [6.45, 7) is 2.86. The number of carbonyl (C=O) groups excluding carboxylic acids is 1. The van der Waals surface area contributed by atoms with Crippen molar-refractivity contribution < 1.29 is 32.8 Å². The standard InChI is InChI=1S/C20H25N2O9P/c1-13(2)30-19(24)16-6-4-3-5-14(16)11-28-32(26,27)29-12-15-7-8-18(31-15)22-10-9-17(23)21-20(22)25/h3-6,9-10,13,15,18H,7-8,11-12H2,1-2H3,(H,26,27)(H,21,23,25)/t15-,18+/m0/s1. The van der Waals surface area contributed by atoms with Gasteiger partial charge in [0.2, 0.25) is 0 Å². The largest absolute Gasteiger partial charge is 0.472 e. The van der Waals surface area contributed by atoms with Gasteiger partial charge in [0.25, 0.3) is 5.56 Å². The van der Waals surface area contributed by atoms with Gasteiger partial charge in [0, 0.05) is 12.3 Å². The highest BCUT2D eigenvalue weighted by Gasteiger charge is 2.31. The number of aromatic amines is 1. The van der Waals surface area contributed by atoms with Gasteiger partial charge in [0.1, 0.15) is 6.23 Å². The molecule has 1 saturated heterocycles. The Hall–Kier alpha value is -2.56. The third-order valence-electron chi connectivity index (χ3n) is 4.63. The number of hydrogen-bond donors (Lipinski definition) is 2. The number of carbonyl (C=O) groups is 1. The van der Waals surface area contributed by atoms with Crippen LogP contribution in [0, 0.1) is 0 Å². The minimum Gasteiger partial charge on any atom is -0.459 e. The molecule has 0 saturated carbocycles. The highest BCUT2D eigenvalue weighted by molar-refractivity contribution is 7.47. The minimum absolute atomic E-state index is 0.231. The summed E-state index contributed by atoms with van der Waals surface area (Å²) in [4.78, 5) is 47.4. The number of phosphoric acid groups is 1. The van der Waals surface area contributed by atoms with Crippen LogP contribution in [0.1, 0.15) is 48.8 Å². The summed E-state index contributed by atoms with van der Waals surface area (Å²) < 4.78 is 34.5. The quantitative estimate of drug-likeness (QED) is 0.417. The second-order valence-corrected chi connectivity index (χ2v) is 8.91. The molecule has 2 N–H and O–H groups in total. The summed E-state index contributed by atoms with van der Waals surface area (Å²) in [7, 11) is -4.44. The van der Waals surface area contributed by atoms with Crippen LogP contribution in [0.5, 0.6) is 0 Å². The van der Waals surface area contributed by atoms with E-state index in [1.807, 2.05) is 0 Å². The van der Waals surface area contributed by atoms with Gasteiger partial charge in [-0.3, -0.25) is 23.4 Å². The summed E-state index contributed by atoms with van der Waals surface area (Å²) >= 11 is 0. The molecule has 3 atom stereocenters. The van der Waals surface area contributed by atoms with Crippen molar-refractivity contribution >= 4 is 13.8 Å². The van der Waals surface area contributed by atoms with Gasteiger partial charge in [-0.05, 0) is 38.3 Å². The first-order valence-electron chi connectivity index (χ1n) is 10.0. The molecule has 1 aromatic heterocycles. The zero-order valence-corrected chi connectivity index (χ0v) is 18.5. The van der Waals surface area contributed by atoms with Gasteiger partial charge < -0.3 is 14.4 Å². The summed E-state index contributed by atoms with van der Waals surface area (Å²) in [5, 5.41) is 0. The highest BCUT2D eigenvalue weighted by Crippen LogP contribution is 2.45. The van der Waals surface area contributed by atoms with Crippen molar-refractivity contribution in [3.63, 3.8) is 0 Å². The van der Waals surface area contributed by atoms with E-state index >= 15 is 0 Å². The number of aromatic nitrogens is 2. The predicted octanol–water partition coefficient (Wildman–Crippen LogP) is 2.11. The molecule has 0 amide bonds. The van der Waals surface area contributed by atoms with Gasteiger partial charge in [0.15, 0.2) is 0 Å². The van der Waals surface area contributed by atoms with Gasteiger partial charge in [-0.1, -0.05) is 18.2 Å². The molecule has 1 unspecified atom stereocenters. The summed E-state index contributed by atoms with van der Waals surface area (Å²) in [6, 6.07) is 7.65. The lowest BCUT2D eigenvalue weighted by atomic mass is 10.1. The van der Waals surface area contributed by atoms with E-state index in [-0.39, 0.29) is 24.9 Å². The van der Waals surface area contributed by atoms with Crippen LogP contribution in [0.2, 0.25) is 0 Å². The topological polar surface area (TPSA) is 146 Å². The summed E-state index contributed by atoms with van der Waals surface area (Å²) in [5.41, 5.74) is -0.503. The van der Waals surface area contributed by atoms with Gasteiger partial charge in [-0.15, -0.1) is 0 Å². The first-order valence-corrected chi connectivity index (χ1v) is 11.5. The SMILES string of the molecule is CC(C)OC(=O)c1ccccc1COP(=O)(O)OC[C@@H]1CC[C@H](n2ccc(=O)[nH]c2=O)O1. The Bertz CT molecular complexity index is 1110. The van der Waals surface area contributed by atoms with Crippen LogP contribution in [-0.2, 0) is 29.7 Å². The molecule has 12 heteroatoms. The molecule has 2 heterocycles. The molecule has 1 aliphatic heterocycles. The van der Waals surface area contributed by atoms with E-state index in [0.29, 0.717) is 18.4 Å². The maximum atomic E-state index is 12.3. The van der Waals surface area contributed by atoms with E-state index in [2.05, 4.69) is 4.98 Å². The van der Waals surface area contributed by atoms with Crippen LogP contribution in [0.4, 0.5) is 0 Å². The number of esters is 1. The van der Waals surface area contributed by atoms with Gasteiger partial charge in [-0.2, -0.15) is 0 Å². The number of phosphoric ester groups is 1. The molecule has 3 rings (SSSR count). The lowest BCUT2D eigenvalue weighted by Gasteiger charge is -2.18. The molecule has 0 aliphatic carbocycles. The first-order chi connectivity index (χ1) is 15.1. The summed E-state index contributed by atoms with van der Waals surface area (Å²) in [6.07, 6.45) is 0.784. The van der Waals surface area contributed by atoms with Crippen molar-refractivity contribution in [2.75, 3.05) is 6.61 Å². The van der Waals surface area contributed by atoms with Crippen molar-refractivity contribution in [1.29, 1.82) is 0 Å². The minimum atomic E-state index is -4.44. The number of nitrogens with one attached hydrogen (secondary N) is 1. The fraction of sp³-hybridized carbons (Fsp3) is 0.450. The number of benzene rings is 1. The zero-order chi connectivity index (χ0) is 23.3. The molecular formula is C20H25N2O9P. The molecule has 0 radical (unpaired) electrons. The molecule has 0 bridgehead atoms. The smallest absolute Gasteiger partial charge is 0.459 e. The Morgan fingerprint density at radius 1 is 1.25 bits per heavy atom. The van der Waals surface area contributed by atoms with Crippen LogP contribution in [0.15, 0.2) is 46.1 Å². The van der Waals surface area contributed by atoms with E-state index in [9.17, 15) is 23.8 Å². The molecule has 1 aromatic carbocycles. The third-order valence-corrected chi connectivity index (χ3v) is 5.56. The second-order valence-electron chi connectivity index (χ2n) is 7.46. The van der Waals surface area contributed by atoms with Crippen molar-refractivity contribution in [3.05, 3.63) is 68.5 Å². The Labute approximate surface area is 183 Å². The lowest BCUT2D eigenvalue weighted by Crippen LogP contribution is -2.31. The number of rotatable bonds is 9. The monoisotopic (exact) mass is 468 g/mol. The van der Waals surface area contributed by atoms with E-state index < -0.39 is 37.4 Å². The van der Waals surface area contributed by atoms with Crippen molar-refractivity contribution in [3.8, 4) is 0 Å². The average molecular weight is 468 g/mol. The molecule has 1 aliphatic rings.